The predicted molar refractivity (Wildman–Crippen MR) is 121 cm³/mol. The highest BCUT2D eigenvalue weighted by Gasteiger charge is 2.38. The van der Waals surface area contributed by atoms with E-state index >= 15 is 0 Å². The summed E-state index contributed by atoms with van der Waals surface area (Å²) in [6.07, 6.45) is 1.24. The van der Waals surface area contributed by atoms with Crippen LogP contribution in [0.4, 0.5) is 10.5 Å². The SMILES string of the molecule is COC(=O)c1ccccc1-c1ccc(/C=C2\C(=O)NC(=O)N(c3cccc(Cl)c3C)C2=O)o1. The Hall–Kier alpha value is -4.17. The van der Waals surface area contributed by atoms with Gasteiger partial charge in [0.2, 0.25) is 0 Å². The number of halogens is 1. The van der Waals surface area contributed by atoms with Crippen LogP contribution < -0.4 is 10.2 Å². The number of carbonyl (C=O) groups is 4. The summed E-state index contributed by atoms with van der Waals surface area (Å²) in [5, 5.41) is 2.53. The van der Waals surface area contributed by atoms with E-state index in [0.717, 1.165) is 4.90 Å². The fraction of sp³-hybridized carbons (Fsp3) is 0.0833. The van der Waals surface area contributed by atoms with Crippen molar-refractivity contribution in [3.63, 3.8) is 0 Å². The van der Waals surface area contributed by atoms with E-state index in [-0.39, 0.29) is 17.0 Å². The highest BCUT2D eigenvalue weighted by molar-refractivity contribution is 6.39. The van der Waals surface area contributed by atoms with E-state index in [1.807, 2.05) is 0 Å². The first-order chi connectivity index (χ1) is 15.8. The Kier molecular flexibility index (Phi) is 5.85. The van der Waals surface area contributed by atoms with E-state index < -0.39 is 23.8 Å². The third-order valence-electron chi connectivity index (χ3n) is 5.09. The fourth-order valence-electron chi connectivity index (χ4n) is 3.42. The number of esters is 1. The second-order valence-corrected chi connectivity index (χ2v) is 7.49. The average molecular weight is 465 g/mol. The summed E-state index contributed by atoms with van der Waals surface area (Å²) in [5.41, 5.74) is 1.26. The molecule has 0 unspecified atom stereocenters. The zero-order valence-corrected chi connectivity index (χ0v) is 18.3. The quantitative estimate of drug-likeness (QED) is 0.349. The lowest BCUT2D eigenvalue weighted by Crippen LogP contribution is -2.54. The molecule has 2 aromatic carbocycles. The van der Waals surface area contributed by atoms with Crippen molar-refractivity contribution >= 4 is 47.2 Å². The topological polar surface area (TPSA) is 106 Å². The van der Waals surface area contributed by atoms with Crippen LogP contribution in [0.5, 0.6) is 0 Å². The van der Waals surface area contributed by atoms with Crippen molar-refractivity contribution in [3.05, 3.63) is 82.1 Å². The second kappa shape index (κ2) is 8.76. The lowest BCUT2D eigenvalue weighted by atomic mass is 10.1. The van der Waals surface area contributed by atoms with Crippen LogP contribution in [-0.2, 0) is 14.3 Å². The summed E-state index contributed by atoms with van der Waals surface area (Å²) in [6.45, 7) is 1.66. The zero-order valence-electron chi connectivity index (χ0n) is 17.5. The minimum absolute atomic E-state index is 0.181. The number of carbonyl (C=O) groups excluding carboxylic acids is 4. The highest BCUT2D eigenvalue weighted by atomic mass is 35.5. The number of benzene rings is 2. The van der Waals surface area contributed by atoms with Gasteiger partial charge in [-0.3, -0.25) is 14.9 Å². The van der Waals surface area contributed by atoms with E-state index in [2.05, 4.69) is 5.32 Å². The van der Waals surface area contributed by atoms with Crippen LogP contribution in [0, 0.1) is 6.92 Å². The van der Waals surface area contributed by atoms with Gasteiger partial charge in [-0.25, -0.2) is 14.5 Å². The van der Waals surface area contributed by atoms with Gasteiger partial charge in [0.05, 0.1) is 18.4 Å². The summed E-state index contributed by atoms with van der Waals surface area (Å²) in [6, 6.07) is 13.8. The molecule has 0 aliphatic carbocycles. The van der Waals surface area contributed by atoms with Gasteiger partial charge in [-0.2, -0.15) is 0 Å². The van der Waals surface area contributed by atoms with Crippen molar-refractivity contribution in [1.82, 2.24) is 5.32 Å². The van der Waals surface area contributed by atoms with Gasteiger partial charge in [-0.1, -0.05) is 35.9 Å². The lowest BCUT2D eigenvalue weighted by molar-refractivity contribution is -0.122. The number of barbiturate groups is 1. The van der Waals surface area contributed by atoms with E-state index in [1.54, 1.807) is 61.5 Å². The molecular weight excluding hydrogens is 448 g/mol. The minimum Gasteiger partial charge on any atom is -0.465 e. The summed E-state index contributed by atoms with van der Waals surface area (Å²) in [7, 11) is 1.28. The Bertz CT molecular complexity index is 1340. The van der Waals surface area contributed by atoms with Gasteiger partial charge >= 0.3 is 12.0 Å². The zero-order chi connectivity index (χ0) is 23.7. The van der Waals surface area contributed by atoms with Gasteiger partial charge in [0.15, 0.2) is 0 Å². The molecule has 4 amide bonds. The number of amides is 4. The summed E-state index contributed by atoms with van der Waals surface area (Å²) in [5.74, 6) is -1.68. The number of ether oxygens (including phenoxy) is 1. The number of urea groups is 1. The Morgan fingerprint density at radius 3 is 2.58 bits per heavy atom. The Morgan fingerprint density at radius 1 is 1.06 bits per heavy atom. The monoisotopic (exact) mass is 464 g/mol. The molecule has 1 aliphatic rings. The number of anilines is 1. The molecular formula is C24H17ClN2O6. The van der Waals surface area contributed by atoms with Crippen molar-refractivity contribution < 1.29 is 28.3 Å². The third-order valence-corrected chi connectivity index (χ3v) is 5.50. The molecule has 4 rings (SSSR count). The Balaban J connectivity index is 1.71. The van der Waals surface area contributed by atoms with Crippen LogP contribution in [0.15, 0.2) is 64.6 Å². The minimum atomic E-state index is -0.875. The summed E-state index contributed by atoms with van der Waals surface area (Å²) in [4.78, 5) is 50.9. The van der Waals surface area contributed by atoms with Gasteiger partial charge in [-0.05, 0) is 48.9 Å². The van der Waals surface area contributed by atoms with Crippen LogP contribution in [0.2, 0.25) is 5.02 Å². The Labute approximate surface area is 193 Å². The fourth-order valence-corrected chi connectivity index (χ4v) is 3.59. The van der Waals surface area contributed by atoms with Gasteiger partial charge in [0.25, 0.3) is 11.8 Å². The van der Waals surface area contributed by atoms with Crippen molar-refractivity contribution in [1.29, 1.82) is 0 Å². The van der Waals surface area contributed by atoms with Crippen LogP contribution in [-0.4, -0.2) is 30.9 Å². The largest absolute Gasteiger partial charge is 0.465 e. The number of methoxy groups -OCH3 is 1. The molecule has 0 bridgehead atoms. The molecule has 9 heteroatoms. The maximum atomic E-state index is 13.1. The van der Waals surface area contributed by atoms with E-state index in [1.165, 1.54) is 13.2 Å². The van der Waals surface area contributed by atoms with Crippen LogP contribution in [0.25, 0.3) is 17.4 Å². The van der Waals surface area contributed by atoms with E-state index in [4.69, 9.17) is 20.8 Å². The van der Waals surface area contributed by atoms with Gasteiger partial charge < -0.3 is 9.15 Å². The smallest absolute Gasteiger partial charge is 0.338 e. The molecule has 2 heterocycles. The second-order valence-electron chi connectivity index (χ2n) is 7.08. The summed E-state index contributed by atoms with van der Waals surface area (Å²) >= 11 is 6.13. The molecule has 0 radical (unpaired) electrons. The van der Waals surface area contributed by atoms with Gasteiger partial charge in [0, 0.05) is 10.6 Å². The number of hydrogen-bond donors (Lipinski definition) is 1. The number of furan rings is 1. The number of nitrogens with zero attached hydrogens (tertiary/aromatic N) is 1. The summed E-state index contributed by atoms with van der Waals surface area (Å²) < 4.78 is 10.6. The molecule has 166 valence electrons. The number of rotatable bonds is 4. The molecule has 1 fully saturated rings. The first-order valence-corrected chi connectivity index (χ1v) is 10.1. The first-order valence-electron chi connectivity index (χ1n) is 9.76. The van der Waals surface area contributed by atoms with Crippen molar-refractivity contribution in [2.24, 2.45) is 0 Å². The molecule has 8 nitrogen and oxygen atoms in total. The van der Waals surface area contributed by atoms with E-state index in [0.29, 0.717) is 27.5 Å². The average Bonchev–Trinajstić information content (AvgIpc) is 3.27. The van der Waals surface area contributed by atoms with Crippen molar-refractivity contribution in [2.45, 2.75) is 6.92 Å². The molecule has 3 aromatic rings. The molecule has 33 heavy (non-hydrogen) atoms. The van der Waals surface area contributed by atoms with E-state index in [9.17, 15) is 19.2 Å². The normalized spacial score (nSPS) is 15.1. The highest BCUT2D eigenvalue weighted by Crippen LogP contribution is 2.31. The predicted octanol–water partition coefficient (Wildman–Crippen LogP) is 4.36. The standard InChI is InChI=1S/C24H17ClN2O6/c1-13-18(25)8-5-9-19(13)27-22(29)17(21(28)26-24(27)31)12-14-10-11-20(33-14)15-6-3-4-7-16(15)23(30)32-2/h3-12H,1-2H3,(H,26,28,31)/b17-12+. The first kappa shape index (κ1) is 22.0. The molecule has 1 aromatic heterocycles. The number of imide groups is 2. The molecule has 0 spiro atoms. The molecule has 0 atom stereocenters. The van der Waals surface area contributed by atoms with Crippen molar-refractivity contribution in [3.8, 4) is 11.3 Å². The lowest BCUT2D eigenvalue weighted by Gasteiger charge is -2.27. The van der Waals surface area contributed by atoms with Crippen LogP contribution in [0.1, 0.15) is 21.7 Å². The van der Waals surface area contributed by atoms with Gasteiger partial charge in [0.1, 0.15) is 17.1 Å². The number of hydrogen-bond acceptors (Lipinski definition) is 6. The molecule has 1 aliphatic heterocycles. The molecule has 1 N–H and O–H groups in total. The molecule has 1 saturated heterocycles. The third kappa shape index (κ3) is 4.04. The Morgan fingerprint density at radius 2 is 1.82 bits per heavy atom. The molecule has 0 saturated carbocycles. The van der Waals surface area contributed by atoms with Crippen molar-refractivity contribution in [2.75, 3.05) is 12.0 Å². The van der Waals surface area contributed by atoms with Crippen LogP contribution in [0.3, 0.4) is 0 Å². The number of nitrogens with one attached hydrogen (secondary N) is 1. The van der Waals surface area contributed by atoms with Crippen LogP contribution >= 0.6 is 11.6 Å². The van der Waals surface area contributed by atoms with Gasteiger partial charge in [-0.15, -0.1) is 0 Å². The maximum absolute atomic E-state index is 13.1. The maximum Gasteiger partial charge on any atom is 0.338 e.